The molecular weight excluding hydrogens is 360 g/mol. The summed E-state index contributed by atoms with van der Waals surface area (Å²) in [6, 6.07) is 7.11. The van der Waals surface area contributed by atoms with Gasteiger partial charge in [0.05, 0.1) is 12.5 Å². The summed E-state index contributed by atoms with van der Waals surface area (Å²) in [7, 11) is 4.81. The van der Waals surface area contributed by atoms with Gasteiger partial charge in [-0.3, -0.25) is 19.3 Å². The highest BCUT2D eigenvalue weighted by atomic mass is 16.5. The number of amides is 3. The third kappa shape index (κ3) is 4.19. The number of rotatable bonds is 9. The van der Waals surface area contributed by atoms with Crippen molar-refractivity contribution in [2.45, 2.75) is 44.6 Å². The zero-order valence-corrected chi connectivity index (χ0v) is 17.4. The third-order valence-electron chi connectivity index (χ3n) is 5.38. The molecule has 0 saturated carbocycles. The first-order valence-corrected chi connectivity index (χ1v) is 9.51. The van der Waals surface area contributed by atoms with E-state index < -0.39 is 5.41 Å². The van der Waals surface area contributed by atoms with Gasteiger partial charge < -0.3 is 14.4 Å². The van der Waals surface area contributed by atoms with Crippen LogP contribution >= 0.6 is 0 Å². The Bertz CT molecular complexity index is 733. The Kier molecular flexibility index (Phi) is 7.18. The van der Waals surface area contributed by atoms with Crippen molar-refractivity contribution in [3.63, 3.8) is 0 Å². The summed E-state index contributed by atoms with van der Waals surface area (Å²) in [4.78, 5) is 42.0. The van der Waals surface area contributed by atoms with E-state index >= 15 is 0 Å². The lowest BCUT2D eigenvalue weighted by atomic mass is 9.75. The molecule has 0 aliphatic carbocycles. The molecule has 0 N–H and O–H groups in total. The number of methoxy groups -OCH3 is 2. The van der Waals surface area contributed by atoms with Crippen molar-refractivity contribution in [2.75, 3.05) is 34.4 Å². The second-order valence-electron chi connectivity index (χ2n) is 7.43. The highest BCUT2D eigenvalue weighted by Gasteiger charge is 2.55. The molecule has 0 aromatic heterocycles. The van der Waals surface area contributed by atoms with Crippen molar-refractivity contribution in [1.82, 2.24) is 9.80 Å². The first-order valence-electron chi connectivity index (χ1n) is 9.51. The molecule has 1 fully saturated rings. The predicted molar refractivity (Wildman–Crippen MR) is 105 cm³/mol. The maximum absolute atomic E-state index is 13.5. The van der Waals surface area contributed by atoms with Gasteiger partial charge >= 0.3 is 0 Å². The monoisotopic (exact) mass is 390 g/mol. The van der Waals surface area contributed by atoms with Gasteiger partial charge in [-0.05, 0) is 26.3 Å². The normalized spacial score (nSPS) is 19.4. The van der Waals surface area contributed by atoms with Gasteiger partial charge in [0, 0.05) is 51.8 Å². The lowest BCUT2D eigenvalue weighted by Gasteiger charge is -2.31. The summed E-state index contributed by atoms with van der Waals surface area (Å²) in [5, 5.41) is 0. The van der Waals surface area contributed by atoms with Crippen LogP contribution in [0.2, 0.25) is 0 Å². The Labute approximate surface area is 166 Å². The average molecular weight is 390 g/mol. The summed E-state index contributed by atoms with van der Waals surface area (Å²) >= 11 is 0. The maximum atomic E-state index is 13.5. The van der Waals surface area contributed by atoms with Gasteiger partial charge in [0.25, 0.3) is 0 Å². The fourth-order valence-corrected chi connectivity index (χ4v) is 3.55. The lowest BCUT2D eigenvalue weighted by Crippen LogP contribution is -2.44. The summed E-state index contributed by atoms with van der Waals surface area (Å²) in [6.45, 7) is 4.54. The summed E-state index contributed by atoms with van der Waals surface area (Å²) in [6.07, 6.45) is 0.431. The van der Waals surface area contributed by atoms with Crippen LogP contribution in [0.15, 0.2) is 24.3 Å². The predicted octanol–water partition coefficient (Wildman–Crippen LogP) is 1.99. The number of carbonyl (C=O) groups is 3. The maximum Gasteiger partial charge on any atom is 0.241 e. The lowest BCUT2D eigenvalue weighted by molar-refractivity contribution is -0.143. The van der Waals surface area contributed by atoms with Crippen LogP contribution in [-0.4, -0.2) is 68.0 Å². The number of carbonyl (C=O) groups excluding carboxylic acids is 3. The van der Waals surface area contributed by atoms with E-state index in [9.17, 15) is 14.4 Å². The smallest absolute Gasteiger partial charge is 0.241 e. The van der Waals surface area contributed by atoms with Crippen LogP contribution < -0.4 is 4.74 Å². The minimum Gasteiger partial charge on any atom is -0.496 e. The van der Waals surface area contributed by atoms with Gasteiger partial charge in [0.15, 0.2) is 0 Å². The van der Waals surface area contributed by atoms with E-state index in [2.05, 4.69) is 0 Å². The fraction of sp³-hybridized carbons (Fsp3) is 0.571. The number of benzene rings is 1. The number of hydrogen-bond donors (Lipinski definition) is 0. The van der Waals surface area contributed by atoms with E-state index in [0.717, 1.165) is 0 Å². The van der Waals surface area contributed by atoms with Crippen LogP contribution in [-0.2, 0) is 24.5 Å². The molecule has 7 nitrogen and oxygen atoms in total. The number of ether oxygens (including phenoxy) is 2. The molecule has 0 bridgehead atoms. The number of imide groups is 1. The molecule has 0 spiro atoms. The highest BCUT2D eigenvalue weighted by molar-refractivity contribution is 6.11. The van der Waals surface area contributed by atoms with Gasteiger partial charge in [-0.2, -0.15) is 0 Å². The molecule has 2 rings (SSSR count). The third-order valence-corrected chi connectivity index (χ3v) is 5.38. The zero-order chi connectivity index (χ0) is 20.9. The van der Waals surface area contributed by atoms with Gasteiger partial charge in [-0.25, -0.2) is 0 Å². The molecular formula is C21H30N2O5. The summed E-state index contributed by atoms with van der Waals surface area (Å²) in [5.74, 6) is -0.293. The van der Waals surface area contributed by atoms with Crippen molar-refractivity contribution in [3.05, 3.63) is 29.8 Å². The molecule has 1 heterocycles. The van der Waals surface area contributed by atoms with Crippen molar-refractivity contribution in [2.24, 2.45) is 0 Å². The molecule has 0 unspecified atom stereocenters. The molecule has 28 heavy (non-hydrogen) atoms. The van der Waals surface area contributed by atoms with Crippen LogP contribution in [0.3, 0.4) is 0 Å². The Morgan fingerprint density at radius 1 is 1.25 bits per heavy atom. The molecule has 1 aromatic rings. The van der Waals surface area contributed by atoms with Crippen molar-refractivity contribution in [1.29, 1.82) is 0 Å². The molecule has 1 aliphatic heterocycles. The van der Waals surface area contributed by atoms with Gasteiger partial charge in [0.2, 0.25) is 17.7 Å². The minimum absolute atomic E-state index is 0.00719. The Balaban J connectivity index is 2.47. The van der Waals surface area contributed by atoms with Crippen LogP contribution in [0.4, 0.5) is 0 Å². The average Bonchev–Trinajstić information content (AvgIpc) is 2.92. The van der Waals surface area contributed by atoms with E-state index in [-0.39, 0.29) is 43.1 Å². The molecule has 1 saturated heterocycles. The Morgan fingerprint density at radius 2 is 1.93 bits per heavy atom. The van der Waals surface area contributed by atoms with E-state index in [1.165, 1.54) is 12.0 Å². The molecule has 1 aliphatic rings. The number of nitrogens with zero attached hydrogens (tertiary/aromatic N) is 2. The quantitative estimate of drug-likeness (QED) is 0.476. The fourth-order valence-electron chi connectivity index (χ4n) is 3.55. The Hall–Kier alpha value is -2.41. The topological polar surface area (TPSA) is 76.2 Å². The van der Waals surface area contributed by atoms with Crippen LogP contribution in [0.5, 0.6) is 5.75 Å². The highest BCUT2D eigenvalue weighted by Crippen LogP contribution is 2.44. The van der Waals surface area contributed by atoms with Crippen molar-refractivity contribution in [3.8, 4) is 5.75 Å². The van der Waals surface area contributed by atoms with Gasteiger partial charge in [-0.1, -0.05) is 18.2 Å². The van der Waals surface area contributed by atoms with Crippen LogP contribution in [0.1, 0.15) is 38.7 Å². The molecule has 0 radical (unpaired) electrons. The van der Waals surface area contributed by atoms with Gasteiger partial charge in [-0.15, -0.1) is 0 Å². The molecule has 3 amide bonds. The second kappa shape index (κ2) is 9.19. The SMILES string of the molecule is COCCCN1C(=O)C[C@](CC(=O)N(C)C(C)C)(c2ccccc2OC)C1=O. The second-order valence-corrected chi connectivity index (χ2v) is 7.43. The molecule has 154 valence electrons. The van der Waals surface area contributed by atoms with E-state index in [4.69, 9.17) is 9.47 Å². The molecule has 1 aromatic carbocycles. The van der Waals surface area contributed by atoms with Gasteiger partial charge in [0.1, 0.15) is 5.75 Å². The summed E-state index contributed by atoms with van der Waals surface area (Å²) < 4.78 is 10.5. The first-order chi connectivity index (χ1) is 13.3. The number of hydrogen-bond acceptors (Lipinski definition) is 5. The van der Waals surface area contributed by atoms with Crippen molar-refractivity contribution < 1.29 is 23.9 Å². The first kappa shape index (κ1) is 21.9. The van der Waals surface area contributed by atoms with E-state index in [0.29, 0.717) is 24.3 Å². The van der Waals surface area contributed by atoms with E-state index in [1.807, 2.05) is 13.8 Å². The zero-order valence-electron chi connectivity index (χ0n) is 17.4. The van der Waals surface area contributed by atoms with Crippen LogP contribution in [0.25, 0.3) is 0 Å². The Morgan fingerprint density at radius 3 is 2.54 bits per heavy atom. The minimum atomic E-state index is -1.25. The largest absolute Gasteiger partial charge is 0.496 e. The molecule has 1 atom stereocenters. The van der Waals surface area contributed by atoms with Crippen molar-refractivity contribution >= 4 is 17.7 Å². The van der Waals surface area contributed by atoms with Crippen LogP contribution in [0, 0.1) is 0 Å². The van der Waals surface area contributed by atoms with E-state index in [1.54, 1.807) is 43.3 Å². The number of para-hydroxylation sites is 1. The molecule has 7 heteroatoms. The number of likely N-dealkylation sites (tertiary alicyclic amines) is 1. The standard InChI is InChI=1S/C21H30N2O5/c1-15(2)22(3)18(24)13-21(16-9-6-7-10-17(16)28-5)14-19(25)23(20(21)26)11-8-12-27-4/h6-7,9-10,15H,8,11-14H2,1-5H3/t21-/m1/s1. The summed E-state index contributed by atoms with van der Waals surface area (Å²) in [5.41, 5.74) is -0.674.